The van der Waals surface area contributed by atoms with E-state index >= 15 is 0 Å². The Balaban J connectivity index is 1.46. The van der Waals surface area contributed by atoms with Crippen LogP contribution in [0.1, 0.15) is 23.5 Å². The number of aromatic nitrogens is 1. The van der Waals surface area contributed by atoms with E-state index in [1.54, 1.807) is 18.3 Å². The maximum atomic E-state index is 12.4. The van der Waals surface area contributed by atoms with Gasteiger partial charge in [-0.15, -0.1) is 0 Å². The van der Waals surface area contributed by atoms with Crippen LogP contribution in [0.5, 0.6) is 0 Å². The van der Waals surface area contributed by atoms with E-state index in [0.29, 0.717) is 17.4 Å². The molecule has 0 radical (unpaired) electrons. The lowest BCUT2D eigenvalue weighted by molar-refractivity contribution is 0.0602. The first-order chi connectivity index (χ1) is 11.2. The fourth-order valence-electron chi connectivity index (χ4n) is 3.52. The highest BCUT2D eigenvalue weighted by atomic mass is 16.4. The molecule has 1 aromatic carbocycles. The zero-order chi connectivity index (χ0) is 15.8. The normalized spacial score (nSPS) is 26.2. The number of anilines is 1. The third kappa shape index (κ3) is 2.82. The standard InChI is InChI=1S/C17H20N4O2/c18-13-3-1-12(2-4-13)15-9-19-17(23-15)16(22)20-14-10-21-7-5-11(14)6-8-21/h1-4,9,11,14H,5-8,10,18H2,(H,20,22). The Labute approximate surface area is 134 Å². The van der Waals surface area contributed by atoms with Crippen LogP contribution < -0.4 is 11.1 Å². The van der Waals surface area contributed by atoms with E-state index in [1.807, 2.05) is 12.1 Å². The second-order valence-corrected chi connectivity index (χ2v) is 6.37. The molecule has 3 N–H and O–H groups in total. The predicted molar refractivity (Wildman–Crippen MR) is 86.8 cm³/mol. The van der Waals surface area contributed by atoms with Crippen LogP contribution in [-0.4, -0.2) is 41.5 Å². The number of amides is 1. The van der Waals surface area contributed by atoms with Crippen molar-refractivity contribution in [1.29, 1.82) is 0 Å². The molecule has 3 aliphatic rings. The number of benzene rings is 1. The summed E-state index contributed by atoms with van der Waals surface area (Å²) in [6.45, 7) is 3.23. The van der Waals surface area contributed by atoms with Crippen LogP contribution in [-0.2, 0) is 0 Å². The lowest BCUT2D eigenvalue weighted by atomic mass is 9.84. The third-order valence-corrected chi connectivity index (χ3v) is 4.87. The van der Waals surface area contributed by atoms with Gasteiger partial charge in [0, 0.05) is 23.8 Å². The summed E-state index contributed by atoms with van der Waals surface area (Å²) in [5, 5.41) is 3.08. The lowest BCUT2D eigenvalue weighted by Gasteiger charge is -2.44. The SMILES string of the molecule is Nc1ccc(-c2cnc(C(=O)NC3CN4CCC3CC4)o2)cc1. The zero-order valence-corrected chi connectivity index (χ0v) is 12.9. The highest BCUT2D eigenvalue weighted by Crippen LogP contribution is 2.28. The second-order valence-electron chi connectivity index (χ2n) is 6.37. The average molecular weight is 312 g/mol. The van der Waals surface area contributed by atoms with Gasteiger partial charge in [0.15, 0.2) is 5.76 Å². The maximum absolute atomic E-state index is 12.4. The van der Waals surface area contributed by atoms with Crippen LogP contribution >= 0.6 is 0 Å². The Bertz CT molecular complexity index is 702. The molecule has 23 heavy (non-hydrogen) atoms. The quantitative estimate of drug-likeness (QED) is 0.844. The summed E-state index contributed by atoms with van der Waals surface area (Å²) < 4.78 is 5.62. The van der Waals surface area contributed by atoms with E-state index in [2.05, 4.69) is 15.2 Å². The minimum atomic E-state index is -0.231. The van der Waals surface area contributed by atoms with Gasteiger partial charge in [0.1, 0.15) is 0 Å². The van der Waals surface area contributed by atoms with Gasteiger partial charge in [-0.05, 0) is 56.1 Å². The first-order valence-electron chi connectivity index (χ1n) is 8.04. The number of oxazole rings is 1. The molecule has 3 fully saturated rings. The van der Waals surface area contributed by atoms with Crippen LogP contribution in [0.2, 0.25) is 0 Å². The first-order valence-corrected chi connectivity index (χ1v) is 8.04. The summed E-state index contributed by atoms with van der Waals surface area (Å²) in [5.41, 5.74) is 7.22. The molecule has 0 spiro atoms. The zero-order valence-electron chi connectivity index (χ0n) is 12.9. The Morgan fingerprint density at radius 2 is 2.00 bits per heavy atom. The number of hydrogen-bond donors (Lipinski definition) is 2. The van der Waals surface area contributed by atoms with E-state index in [9.17, 15) is 4.79 Å². The number of nitrogens with one attached hydrogen (secondary N) is 1. The smallest absolute Gasteiger partial charge is 0.307 e. The summed E-state index contributed by atoms with van der Waals surface area (Å²) in [6, 6.07) is 7.50. The topological polar surface area (TPSA) is 84.4 Å². The number of nitrogen functional groups attached to an aromatic ring is 1. The van der Waals surface area contributed by atoms with E-state index in [1.165, 1.54) is 0 Å². The van der Waals surface area contributed by atoms with Gasteiger partial charge < -0.3 is 20.4 Å². The molecule has 1 unspecified atom stereocenters. The van der Waals surface area contributed by atoms with Gasteiger partial charge in [0.2, 0.25) is 0 Å². The van der Waals surface area contributed by atoms with Gasteiger partial charge in [-0.3, -0.25) is 4.79 Å². The van der Waals surface area contributed by atoms with Crippen LogP contribution in [0, 0.1) is 5.92 Å². The summed E-state index contributed by atoms with van der Waals surface area (Å²) >= 11 is 0. The Morgan fingerprint density at radius 1 is 1.26 bits per heavy atom. The number of carbonyl (C=O) groups is 1. The molecule has 0 aliphatic carbocycles. The number of nitrogens with two attached hydrogens (primary N) is 1. The van der Waals surface area contributed by atoms with Crippen molar-refractivity contribution in [2.24, 2.45) is 5.92 Å². The molecule has 2 bridgehead atoms. The van der Waals surface area contributed by atoms with Crippen molar-refractivity contribution < 1.29 is 9.21 Å². The third-order valence-electron chi connectivity index (χ3n) is 4.87. The van der Waals surface area contributed by atoms with Gasteiger partial charge in [-0.1, -0.05) is 0 Å². The van der Waals surface area contributed by atoms with E-state index in [-0.39, 0.29) is 17.8 Å². The molecule has 0 saturated carbocycles. The highest BCUT2D eigenvalue weighted by molar-refractivity contribution is 5.90. The number of piperidine rings is 3. The van der Waals surface area contributed by atoms with Crippen LogP contribution in [0.4, 0.5) is 5.69 Å². The number of rotatable bonds is 3. The molecule has 6 heteroatoms. The van der Waals surface area contributed by atoms with Gasteiger partial charge in [0.05, 0.1) is 6.20 Å². The Hall–Kier alpha value is -2.34. The van der Waals surface area contributed by atoms with E-state index in [4.69, 9.17) is 10.2 Å². The summed E-state index contributed by atoms with van der Waals surface area (Å²) in [5.74, 6) is 1.04. The van der Waals surface area contributed by atoms with Crippen molar-refractivity contribution >= 4 is 11.6 Å². The minimum Gasteiger partial charge on any atom is -0.432 e. The molecular formula is C17H20N4O2. The van der Waals surface area contributed by atoms with Crippen molar-refractivity contribution in [1.82, 2.24) is 15.2 Å². The summed E-state index contributed by atoms with van der Waals surface area (Å²) in [6.07, 6.45) is 3.90. The molecule has 1 aromatic heterocycles. The Kier molecular flexibility index (Phi) is 3.53. The number of carbonyl (C=O) groups excluding carboxylic acids is 1. The fraction of sp³-hybridized carbons (Fsp3) is 0.412. The van der Waals surface area contributed by atoms with Crippen LogP contribution in [0.25, 0.3) is 11.3 Å². The van der Waals surface area contributed by atoms with E-state index < -0.39 is 0 Å². The first kappa shape index (κ1) is 14.3. The van der Waals surface area contributed by atoms with Crippen molar-refractivity contribution in [3.05, 3.63) is 36.4 Å². The molecule has 3 saturated heterocycles. The maximum Gasteiger partial charge on any atom is 0.307 e. The molecule has 5 rings (SSSR count). The Morgan fingerprint density at radius 3 is 2.65 bits per heavy atom. The molecule has 4 heterocycles. The molecule has 3 aliphatic heterocycles. The van der Waals surface area contributed by atoms with Gasteiger partial charge >= 0.3 is 5.91 Å². The monoisotopic (exact) mass is 312 g/mol. The summed E-state index contributed by atoms with van der Waals surface area (Å²) in [4.78, 5) is 18.9. The van der Waals surface area contributed by atoms with Gasteiger partial charge in [-0.25, -0.2) is 4.98 Å². The molecule has 1 amide bonds. The molecular weight excluding hydrogens is 292 g/mol. The van der Waals surface area contributed by atoms with Crippen molar-refractivity contribution in [3.63, 3.8) is 0 Å². The number of fused-ring (bicyclic) bond motifs is 3. The lowest BCUT2D eigenvalue weighted by Crippen LogP contribution is -2.57. The number of hydrogen-bond acceptors (Lipinski definition) is 5. The van der Waals surface area contributed by atoms with Crippen molar-refractivity contribution in [2.45, 2.75) is 18.9 Å². The van der Waals surface area contributed by atoms with Crippen molar-refractivity contribution in [2.75, 3.05) is 25.4 Å². The number of nitrogens with zero attached hydrogens (tertiary/aromatic N) is 2. The largest absolute Gasteiger partial charge is 0.432 e. The molecule has 1 atom stereocenters. The van der Waals surface area contributed by atoms with Gasteiger partial charge in [0.25, 0.3) is 5.89 Å². The minimum absolute atomic E-state index is 0.119. The average Bonchev–Trinajstić information content (AvgIpc) is 3.07. The predicted octanol–water partition coefficient (Wildman–Crippen LogP) is 1.75. The van der Waals surface area contributed by atoms with Crippen LogP contribution in [0.3, 0.4) is 0 Å². The molecule has 120 valence electrons. The fourth-order valence-corrected chi connectivity index (χ4v) is 3.52. The van der Waals surface area contributed by atoms with Crippen LogP contribution in [0.15, 0.2) is 34.9 Å². The van der Waals surface area contributed by atoms with Crippen molar-refractivity contribution in [3.8, 4) is 11.3 Å². The molecule has 6 nitrogen and oxygen atoms in total. The van der Waals surface area contributed by atoms with Gasteiger partial charge in [-0.2, -0.15) is 0 Å². The second kappa shape index (κ2) is 5.70. The molecule has 2 aromatic rings. The highest BCUT2D eigenvalue weighted by Gasteiger charge is 2.35. The summed E-state index contributed by atoms with van der Waals surface area (Å²) in [7, 11) is 0. The van der Waals surface area contributed by atoms with E-state index in [0.717, 1.165) is 38.0 Å².